The zero-order valence-electron chi connectivity index (χ0n) is 13.3. The number of morpholine rings is 1. The molecule has 0 amide bonds. The molecular formula is C14H27N3O4S. The van der Waals surface area contributed by atoms with Crippen molar-refractivity contribution in [2.24, 2.45) is 9.98 Å². The van der Waals surface area contributed by atoms with Crippen molar-refractivity contribution in [3.8, 4) is 0 Å². The van der Waals surface area contributed by atoms with Gasteiger partial charge in [-0.1, -0.05) is 19.3 Å². The van der Waals surface area contributed by atoms with Gasteiger partial charge in [-0.3, -0.25) is 9.45 Å². The number of hydrogen-bond acceptors (Lipinski definition) is 6. The first kappa shape index (κ1) is 19.3. The summed E-state index contributed by atoms with van der Waals surface area (Å²) in [6.07, 6.45) is 7.19. The van der Waals surface area contributed by atoms with Gasteiger partial charge in [0.2, 0.25) is 0 Å². The van der Waals surface area contributed by atoms with Crippen molar-refractivity contribution in [1.29, 1.82) is 0 Å². The van der Waals surface area contributed by atoms with Crippen LogP contribution in [0.4, 0.5) is 0 Å². The lowest BCUT2D eigenvalue weighted by atomic mass is 9.96. The first-order valence-corrected chi connectivity index (χ1v) is 9.64. The van der Waals surface area contributed by atoms with E-state index in [2.05, 4.69) is 20.9 Å². The summed E-state index contributed by atoms with van der Waals surface area (Å²) in [5, 5.41) is 0. The Kier molecular flexibility index (Phi) is 9.50. The van der Waals surface area contributed by atoms with Gasteiger partial charge in [-0.05, 0) is 12.8 Å². The van der Waals surface area contributed by atoms with E-state index in [9.17, 15) is 8.42 Å². The van der Waals surface area contributed by atoms with E-state index in [0.717, 1.165) is 39.4 Å². The highest BCUT2D eigenvalue weighted by Gasteiger charge is 2.11. The van der Waals surface area contributed by atoms with Gasteiger partial charge in [0.1, 0.15) is 0 Å². The molecule has 1 aliphatic carbocycles. The minimum absolute atomic E-state index is 0.496. The van der Waals surface area contributed by atoms with Crippen molar-refractivity contribution in [3.05, 3.63) is 0 Å². The van der Waals surface area contributed by atoms with Gasteiger partial charge < -0.3 is 4.74 Å². The Bertz CT molecular complexity index is 441. The van der Waals surface area contributed by atoms with E-state index < -0.39 is 10.1 Å². The summed E-state index contributed by atoms with van der Waals surface area (Å²) in [7, 11) is -3.67. The zero-order valence-corrected chi connectivity index (χ0v) is 14.1. The molecule has 1 N–H and O–H groups in total. The Hall–Kier alpha value is -0.790. The van der Waals surface area contributed by atoms with Crippen LogP contribution in [0.3, 0.4) is 0 Å². The highest BCUT2D eigenvalue weighted by atomic mass is 32.2. The van der Waals surface area contributed by atoms with Gasteiger partial charge in [0.25, 0.3) is 10.1 Å². The first-order chi connectivity index (χ1) is 10.4. The fraction of sp³-hybridized carbons (Fsp3) is 0.929. The van der Waals surface area contributed by atoms with Gasteiger partial charge in [0, 0.05) is 19.6 Å². The number of aliphatic imine (C=N–C) groups is 2. The standard InChI is InChI=1S/C13H23N3O.CH4O3S/c1-2-4-13(5-3-1)15-12-14-6-7-16-8-10-17-11-9-16;1-5(2,3)4/h13H,1-11H2;1H3,(H,2,3,4). The quantitative estimate of drug-likeness (QED) is 0.619. The van der Waals surface area contributed by atoms with Gasteiger partial charge in [0.05, 0.1) is 38.1 Å². The van der Waals surface area contributed by atoms with Crippen LogP contribution in [0, 0.1) is 0 Å². The molecule has 1 aliphatic heterocycles. The van der Waals surface area contributed by atoms with Crippen molar-refractivity contribution in [1.82, 2.24) is 4.90 Å². The second-order valence-corrected chi connectivity index (χ2v) is 7.06. The van der Waals surface area contributed by atoms with Crippen LogP contribution >= 0.6 is 0 Å². The van der Waals surface area contributed by atoms with E-state index in [0.29, 0.717) is 12.3 Å². The summed E-state index contributed by atoms with van der Waals surface area (Å²) in [6.45, 7) is 5.62. The first-order valence-electron chi connectivity index (χ1n) is 7.79. The highest BCUT2D eigenvalue weighted by molar-refractivity contribution is 7.85. The van der Waals surface area contributed by atoms with Gasteiger partial charge in [-0.2, -0.15) is 8.42 Å². The Morgan fingerprint density at radius 3 is 2.41 bits per heavy atom. The molecule has 8 heteroatoms. The largest absolute Gasteiger partial charge is 0.379 e. The molecule has 2 aliphatic rings. The molecule has 128 valence electrons. The van der Waals surface area contributed by atoms with Crippen molar-refractivity contribution >= 4 is 16.1 Å². The van der Waals surface area contributed by atoms with Crippen LogP contribution in [0.1, 0.15) is 32.1 Å². The van der Waals surface area contributed by atoms with Crippen molar-refractivity contribution in [2.45, 2.75) is 38.1 Å². The number of rotatable bonds is 4. The zero-order chi connectivity index (χ0) is 16.3. The van der Waals surface area contributed by atoms with Gasteiger partial charge in [-0.25, -0.2) is 9.98 Å². The van der Waals surface area contributed by atoms with Crippen molar-refractivity contribution in [3.63, 3.8) is 0 Å². The van der Waals surface area contributed by atoms with Crippen LogP contribution in [0.25, 0.3) is 0 Å². The van der Waals surface area contributed by atoms with Crippen LogP contribution in [0.2, 0.25) is 0 Å². The predicted molar refractivity (Wildman–Crippen MR) is 86.3 cm³/mol. The molecule has 7 nitrogen and oxygen atoms in total. The molecule has 2 fully saturated rings. The molecule has 0 radical (unpaired) electrons. The summed E-state index contributed by atoms with van der Waals surface area (Å²) < 4.78 is 31.2. The lowest BCUT2D eigenvalue weighted by molar-refractivity contribution is 0.0395. The molecule has 2 rings (SSSR count). The molecular weight excluding hydrogens is 306 g/mol. The molecule has 0 atom stereocenters. The minimum Gasteiger partial charge on any atom is -0.379 e. The van der Waals surface area contributed by atoms with Crippen LogP contribution in [0.5, 0.6) is 0 Å². The third kappa shape index (κ3) is 11.8. The third-order valence-corrected chi connectivity index (χ3v) is 3.52. The molecule has 0 aromatic heterocycles. The molecule has 0 spiro atoms. The third-order valence-electron chi connectivity index (χ3n) is 3.52. The molecule has 1 saturated heterocycles. The van der Waals surface area contributed by atoms with Crippen LogP contribution in [-0.2, 0) is 14.9 Å². The molecule has 1 saturated carbocycles. The summed E-state index contributed by atoms with van der Waals surface area (Å²) >= 11 is 0. The van der Waals surface area contributed by atoms with E-state index in [1.807, 2.05) is 0 Å². The predicted octanol–water partition coefficient (Wildman–Crippen LogP) is 1.33. The summed E-state index contributed by atoms with van der Waals surface area (Å²) in [5.74, 6) is 0. The number of hydrogen-bond donors (Lipinski definition) is 1. The van der Waals surface area contributed by atoms with Gasteiger partial charge in [0.15, 0.2) is 0 Å². The lowest BCUT2D eigenvalue weighted by Crippen LogP contribution is -2.37. The molecule has 22 heavy (non-hydrogen) atoms. The van der Waals surface area contributed by atoms with Crippen molar-refractivity contribution < 1.29 is 17.7 Å². The molecule has 0 unspecified atom stereocenters. The lowest BCUT2D eigenvalue weighted by Gasteiger charge is -2.25. The Morgan fingerprint density at radius 1 is 1.23 bits per heavy atom. The van der Waals surface area contributed by atoms with E-state index in [1.165, 1.54) is 32.1 Å². The molecule has 1 heterocycles. The average molecular weight is 333 g/mol. The topological polar surface area (TPSA) is 91.6 Å². The summed E-state index contributed by atoms with van der Waals surface area (Å²) in [6, 6.07) is 3.38. The van der Waals surface area contributed by atoms with Gasteiger partial charge >= 0.3 is 0 Å². The van der Waals surface area contributed by atoms with Crippen LogP contribution in [-0.4, -0.2) is 75.6 Å². The normalized spacial score (nSPS) is 20.5. The second-order valence-electron chi connectivity index (χ2n) is 5.59. The maximum absolute atomic E-state index is 9.19. The van der Waals surface area contributed by atoms with Crippen molar-refractivity contribution in [2.75, 3.05) is 45.6 Å². The maximum Gasteiger partial charge on any atom is 0.261 e. The van der Waals surface area contributed by atoms with Crippen LogP contribution in [0.15, 0.2) is 9.98 Å². The van der Waals surface area contributed by atoms with E-state index in [1.54, 1.807) is 0 Å². The smallest absolute Gasteiger partial charge is 0.261 e. The average Bonchev–Trinajstić information content (AvgIpc) is 2.47. The molecule has 0 aromatic carbocycles. The highest BCUT2D eigenvalue weighted by Crippen LogP contribution is 2.19. The van der Waals surface area contributed by atoms with E-state index in [4.69, 9.17) is 9.29 Å². The molecule has 0 bridgehead atoms. The van der Waals surface area contributed by atoms with E-state index >= 15 is 0 Å². The maximum atomic E-state index is 9.19. The number of nitrogens with zero attached hydrogens (tertiary/aromatic N) is 3. The van der Waals surface area contributed by atoms with E-state index in [-0.39, 0.29) is 0 Å². The fourth-order valence-corrected chi connectivity index (χ4v) is 2.40. The Morgan fingerprint density at radius 2 is 1.82 bits per heavy atom. The second kappa shape index (κ2) is 10.9. The summed E-state index contributed by atoms with van der Waals surface area (Å²) in [5.41, 5.74) is 0. The van der Waals surface area contributed by atoms with Crippen LogP contribution < -0.4 is 0 Å². The Labute approximate surface area is 133 Å². The SMILES string of the molecule is C(=NCCN1CCOCC1)=NC1CCCCC1.CS(=O)(=O)O. The Balaban J connectivity index is 0.000000422. The number of ether oxygens (including phenoxy) is 1. The summed E-state index contributed by atoms with van der Waals surface area (Å²) in [4.78, 5) is 11.1. The minimum atomic E-state index is -3.67. The monoisotopic (exact) mass is 333 g/mol. The fourth-order valence-electron chi connectivity index (χ4n) is 2.40. The molecule has 0 aromatic rings. The van der Waals surface area contributed by atoms with Gasteiger partial charge in [-0.15, -0.1) is 0 Å².